The Kier molecular flexibility index (Phi) is 4.21. The van der Waals surface area contributed by atoms with Crippen LogP contribution >= 0.6 is 0 Å². The van der Waals surface area contributed by atoms with E-state index in [4.69, 9.17) is 0 Å². The Labute approximate surface area is 104 Å². The van der Waals surface area contributed by atoms with Crippen molar-refractivity contribution in [3.05, 3.63) is 36.0 Å². The Morgan fingerprint density at radius 2 is 2.00 bits per heavy atom. The van der Waals surface area contributed by atoms with Gasteiger partial charge in [-0.25, -0.2) is 0 Å². The van der Waals surface area contributed by atoms with Gasteiger partial charge in [0, 0.05) is 30.2 Å². The number of unbranched alkanes of at least 4 members (excludes halogenated alkanes) is 1. The topological polar surface area (TPSA) is 17.0 Å². The van der Waals surface area contributed by atoms with E-state index in [0.29, 0.717) is 0 Å². The minimum absolute atomic E-state index is 1.05. The van der Waals surface area contributed by atoms with Crippen LogP contribution in [0.25, 0.3) is 10.9 Å². The molecule has 2 aromatic rings. The van der Waals surface area contributed by atoms with Crippen molar-refractivity contribution in [3.63, 3.8) is 0 Å². The summed E-state index contributed by atoms with van der Waals surface area (Å²) < 4.78 is 2.35. The molecule has 0 saturated heterocycles. The summed E-state index contributed by atoms with van der Waals surface area (Å²) in [4.78, 5) is 0. The molecule has 0 atom stereocenters. The third-order valence-corrected chi connectivity index (χ3v) is 3.22. The van der Waals surface area contributed by atoms with Gasteiger partial charge in [-0.15, -0.1) is 0 Å². The number of nitrogens with zero attached hydrogens (tertiary/aromatic N) is 1. The number of fused-ring (bicyclic) bond motifs is 1. The molecule has 1 aromatic heterocycles. The number of aromatic nitrogens is 1. The van der Waals surface area contributed by atoms with Crippen molar-refractivity contribution in [1.29, 1.82) is 0 Å². The van der Waals surface area contributed by atoms with E-state index in [0.717, 1.165) is 19.6 Å². The van der Waals surface area contributed by atoms with Gasteiger partial charge < -0.3 is 9.88 Å². The highest BCUT2D eigenvalue weighted by Crippen LogP contribution is 2.19. The standard InChI is InChI=1S/C15H22N2/c1-3-4-9-16-10-11-17-12-13(2)14-7-5-6-8-15(14)17/h5-8,12,16H,3-4,9-11H2,1-2H3. The van der Waals surface area contributed by atoms with Gasteiger partial charge in [0.1, 0.15) is 0 Å². The lowest BCUT2D eigenvalue weighted by molar-refractivity contribution is 0.588. The van der Waals surface area contributed by atoms with Gasteiger partial charge in [-0.1, -0.05) is 31.5 Å². The maximum absolute atomic E-state index is 3.49. The Hall–Kier alpha value is -1.28. The molecule has 1 aromatic carbocycles. The molecule has 0 spiro atoms. The van der Waals surface area contributed by atoms with E-state index in [1.54, 1.807) is 0 Å². The largest absolute Gasteiger partial charge is 0.346 e. The molecular weight excluding hydrogens is 208 g/mol. The molecule has 1 N–H and O–H groups in total. The summed E-state index contributed by atoms with van der Waals surface area (Å²) in [5, 5.41) is 4.86. The van der Waals surface area contributed by atoms with Crippen molar-refractivity contribution >= 4 is 10.9 Å². The first-order chi connectivity index (χ1) is 8.33. The Balaban J connectivity index is 1.99. The molecule has 0 unspecified atom stereocenters. The second-order valence-electron chi connectivity index (χ2n) is 4.63. The van der Waals surface area contributed by atoms with Gasteiger partial charge in [-0.2, -0.15) is 0 Å². The van der Waals surface area contributed by atoms with E-state index in [1.807, 2.05) is 0 Å². The highest BCUT2D eigenvalue weighted by Gasteiger charge is 2.03. The SMILES string of the molecule is CCCCNCCn1cc(C)c2ccccc21. The first-order valence-electron chi connectivity index (χ1n) is 6.58. The third-order valence-electron chi connectivity index (χ3n) is 3.22. The van der Waals surface area contributed by atoms with Crippen LogP contribution in [0, 0.1) is 6.92 Å². The van der Waals surface area contributed by atoms with Gasteiger partial charge in [0.25, 0.3) is 0 Å². The maximum Gasteiger partial charge on any atom is 0.0483 e. The summed E-state index contributed by atoms with van der Waals surface area (Å²) >= 11 is 0. The Morgan fingerprint density at radius 3 is 2.82 bits per heavy atom. The van der Waals surface area contributed by atoms with Crippen molar-refractivity contribution in [3.8, 4) is 0 Å². The fraction of sp³-hybridized carbons (Fsp3) is 0.467. The monoisotopic (exact) mass is 230 g/mol. The summed E-state index contributed by atoms with van der Waals surface area (Å²) in [6.45, 7) is 7.65. The van der Waals surface area contributed by atoms with Crippen LogP contribution in [0.3, 0.4) is 0 Å². The van der Waals surface area contributed by atoms with Crippen LogP contribution in [0.15, 0.2) is 30.5 Å². The van der Waals surface area contributed by atoms with Gasteiger partial charge in [0.05, 0.1) is 0 Å². The average Bonchev–Trinajstić information content (AvgIpc) is 2.67. The highest BCUT2D eigenvalue weighted by molar-refractivity contribution is 5.83. The molecule has 0 radical (unpaired) electrons. The molecule has 0 aliphatic heterocycles. The summed E-state index contributed by atoms with van der Waals surface area (Å²) in [6.07, 6.45) is 4.79. The van der Waals surface area contributed by atoms with Crippen LogP contribution in [0.4, 0.5) is 0 Å². The fourth-order valence-corrected chi connectivity index (χ4v) is 2.24. The lowest BCUT2D eigenvalue weighted by atomic mass is 10.2. The zero-order chi connectivity index (χ0) is 12.1. The number of para-hydroxylation sites is 1. The molecule has 2 heteroatoms. The molecule has 2 rings (SSSR count). The first kappa shape index (κ1) is 12.2. The van der Waals surface area contributed by atoms with Crippen LogP contribution in [0.5, 0.6) is 0 Å². The molecule has 0 aliphatic carbocycles. The minimum Gasteiger partial charge on any atom is -0.346 e. The second kappa shape index (κ2) is 5.87. The molecule has 1 heterocycles. The normalized spacial score (nSPS) is 11.2. The van der Waals surface area contributed by atoms with E-state index < -0.39 is 0 Å². The Morgan fingerprint density at radius 1 is 1.18 bits per heavy atom. The smallest absolute Gasteiger partial charge is 0.0483 e. The summed E-state index contributed by atoms with van der Waals surface area (Å²) in [5.74, 6) is 0. The zero-order valence-electron chi connectivity index (χ0n) is 10.9. The quantitative estimate of drug-likeness (QED) is 0.753. The van der Waals surface area contributed by atoms with Crippen LogP contribution in [0.1, 0.15) is 25.3 Å². The van der Waals surface area contributed by atoms with E-state index >= 15 is 0 Å². The predicted octanol–water partition coefficient (Wildman–Crippen LogP) is 3.34. The van der Waals surface area contributed by atoms with Gasteiger partial charge in [0.15, 0.2) is 0 Å². The van der Waals surface area contributed by atoms with Crippen molar-refractivity contribution in [2.24, 2.45) is 0 Å². The number of rotatable bonds is 6. The van der Waals surface area contributed by atoms with Crippen LogP contribution in [-0.4, -0.2) is 17.7 Å². The molecule has 17 heavy (non-hydrogen) atoms. The third kappa shape index (κ3) is 2.89. The summed E-state index contributed by atoms with van der Waals surface area (Å²) in [6, 6.07) is 8.63. The van der Waals surface area contributed by atoms with Crippen molar-refractivity contribution in [2.75, 3.05) is 13.1 Å². The maximum atomic E-state index is 3.49. The number of aryl methyl sites for hydroxylation is 1. The lowest BCUT2D eigenvalue weighted by Crippen LogP contribution is -2.20. The zero-order valence-corrected chi connectivity index (χ0v) is 10.9. The number of hydrogen-bond acceptors (Lipinski definition) is 1. The molecule has 0 fully saturated rings. The van der Waals surface area contributed by atoms with Crippen molar-refractivity contribution in [2.45, 2.75) is 33.2 Å². The number of benzene rings is 1. The molecule has 92 valence electrons. The van der Waals surface area contributed by atoms with E-state index in [-0.39, 0.29) is 0 Å². The minimum atomic E-state index is 1.05. The predicted molar refractivity (Wildman–Crippen MR) is 74.5 cm³/mol. The van der Waals surface area contributed by atoms with Crippen molar-refractivity contribution in [1.82, 2.24) is 9.88 Å². The van der Waals surface area contributed by atoms with Gasteiger partial charge >= 0.3 is 0 Å². The van der Waals surface area contributed by atoms with Crippen LogP contribution in [0.2, 0.25) is 0 Å². The van der Waals surface area contributed by atoms with E-state index in [2.05, 4.69) is 54.2 Å². The second-order valence-corrected chi connectivity index (χ2v) is 4.63. The molecular formula is C15H22N2. The first-order valence-corrected chi connectivity index (χ1v) is 6.58. The molecule has 0 bridgehead atoms. The van der Waals surface area contributed by atoms with Crippen LogP contribution < -0.4 is 5.32 Å². The average molecular weight is 230 g/mol. The fourth-order valence-electron chi connectivity index (χ4n) is 2.24. The van der Waals surface area contributed by atoms with E-state index in [1.165, 1.54) is 29.3 Å². The van der Waals surface area contributed by atoms with Gasteiger partial charge in [0.2, 0.25) is 0 Å². The van der Waals surface area contributed by atoms with Crippen molar-refractivity contribution < 1.29 is 0 Å². The van der Waals surface area contributed by atoms with Gasteiger partial charge in [-0.3, -0.25) is 0 Å². The molecule has 2 nitrogen and oxygen atoms in total. The molecule has 0 amide bonds. The van der Waals surface area contributed by atoms with Crippen LogP contribution in [-0.2, 0) is 6.54 Å². The molecule has 0 saturated carbocycles. The Bertz CT molecular complexity index is 471. The van der Waals surface area contributed by atoms with E-state index in [9.17, 15) is 0 Å². The molecule has 0 aliphatic rings. The summed E-state index contributed by atoms with van der Waals surface area (Å²) in [5.41, 5.74) is 2.72. The lowest BCUT2D eigenvalue weighted by Gasteiger charge is -2.06. The number of hydrogen-bond donors (Lipinski definition) is 1. The summed E-state index contributed by atoms with van der Waals surface area (Å²) in [7, 11) is 0. The number of nitrogens with one attached hydrogen (secondary N) is 1. The highest BCUT2D eigenvalue weighted by atomic mass is 15.0. The van der Waals surface area contributed by atoms with Gasteiger partial charge in [-0.05, 0) is 31.5 Å².